The molecule has 0 heterocycles. The van der Waals surface area contributed by atoms with Gasteiger partial charge in [0.25, 0.3) is 5.91 Å². The Bertz CT molecular complexity index is 458. The lowest BCUT2D eigenvalue weighted by atomic mass is 10.1. The fourth-order valence-corrected chi connectivity index (χ4v) is 1.43. The number of ether oxygens (including phenoxy) is 3. The summed E-state index contributed by atoms with van der Waals surface area (Å²) in [6, 6.07) is 5.14. The number of nitrogens with one attached hydrogen (secondary N) is 1. The van der Waals surface area contributed by atoms with Crippen LogP contribution in [0.15, 0.2) is 18.2 Å². The monoisotopic (exact) mass is 267 g/mol. The first-order valence-corrected chi connectivity index (χ1v) is 5.67. The van der Waals surface area contributed by atoms with Crippen LogP contribution in [-0.4, -0.2) is 39.8 Å². The molecule has 6 heteroatoms. The van der Waals surface area contributed by atoms with E-state index in [1.807, 2.05) is 0 Å². The maximum Gasteiger partial charge on any atom is 0.310 e. The first-order chi connectivity index (χ1) is 9.10. The Hall–Kier alpha value is -2.24. The minimum absolute atomic E-state index is 0.0668. The minimum Gasteiger partial charge on any atom is -0.493 e. The van der Waals surface area contributed by atoms with Crippen LogP contribution >= 0.6 is 0 Å². The largest absolute Gasteiger partial charge is 0.493 e. The van der Waals surface area contributed by atoms with Gasteiger partial charge in [-0.15, -0.1) is 0 Å². The summed E-state index contributed by atoms with van der Waals surface area (Å²) in [5.41, 5.74) is 0.722. The molecule has 19 heavy (non-hydrogen) atoms. The van der Waals surface area contributed by atoms with E-state index in [-0.39, 0.29) is 18.9 Å². The maximum absolute atomic E-state index is 11.5. The zero-order valence-electron chi connectivity index (χ0n) is 11.2. The highest BCUT2D eigenvalue weighted by Gasteiger charge is 2.10. The van der Waals surface area contributed by atoms with Crippen LogP contribution in [0, 0.1) is 0 Å². The summed E-state index contributed by atoms with van der Waals surface area (Å²) in [7, 11) is 4.53. The molecule has 0 fully saturated rings. The molecule has 0 radical (unpaired) electrons. The molecule has 0 saturated carbocycles. The molecule has 0 aliphatic heterocycles. The standard InChI is InChI=1S/C13H17NO5/c1-14-12(15)8-19-13(16)7-9-4-5-10(17-2)11(6-9)18-3/h4-6H,7-8H2,1-3H3,(H,14,15). The third kappa shape index (κ3) is 4.50. The van der Waals surface area contributed by atoms with Crippen LogP contribution < -0.4 is 14.8 Å². The lowest BCUT2D eigenvalue weighted by Gasteiger charge is -2.09. The zero-order chi connectivity index (χ0) is 14.3. The predicted octanol–water partition coefficient (Wildman–Crippen LogP) is 0.535. The highest BCUT2D eigenvalue weighted by molar-refractivity contribution is 5.81. The second-order valence-corrected chi connectivity index (χ2v) is 3.70. The van der Waals surface area contributed by atoms with Crippen molar-refractivity contribution < 1.29 is 23.8 Å². The summed E-state index contributed by atoms with van der Waals surface area (Å²) in [5.74, 6) is 0.306. The first kappa shape index (κ1) is 14.8. The second-order valence-electron chi connectivity index (χ2n) is 3.70. The van der Waals surface area contributed by atoms with Crippen molar-refractivity contribution in [1.82, 2.24) is 5.32 Å². The van der Waals surface area contributed by atoms with Gasteiger partial charge in [-0.1, -0.05) is 6.07 Å². The van der Waals surface area contributed by atoms with Gasteiger partial charge in [0, 0.05) is 7.05 Å². The molecule has 104 valence electrons. The molecule has 1 amide bonds. The molecule has 0 aromatic heterocycles. The lowest BCUT2D eigenvalue weighted by Crippen LogP contribution is -2.25. The second kappa shape index (κ2) is 7.25. The average Bonchev–Trinajstić information content (AvgIpc) is 2.44. The van der Waals surface area contributed by atoms with Crippen molar-refractivity contribution in [3.63, 3.8) is 0 Å². The number of rotatable bonds is 6. The summed E-state index contributed by atoms with van der Waals surface area (Å²) >= 11 is 0. The molecular formula is C13H17NO5. The van der Waals surface area contributed by atoms with E-state index in [9.17, 15) is 9.59 Å². The smallest absolute Gasteiger partial charge is 0.310 e. The number of hydrogen-bond donors (Lipinski definition) is 1. The van der Waals surface area contributed by atoms with Gasteiger partial charge in [-0.2, -0.15) is 0 Å². The topological polar surface area (TPSA) is 73.9 Å². The van der Waals surface area contributed by atoms with E-state index in [2.05, 4.69) is 5.32 Å². The molecular weight excluding hydrogens is 250 g/mol. The average molecular weight is 267 g/mol. The van der Waals surface area contributed by atoms with Crippen molar-refractivity contribution >= 4 is 11.9 Å². The van der Waals surface area contributed by atoms with Gasteiger partial charge >= 0.3 is 5.97 Å². The van der Waals surface area contributed by atoms with Gasteiger partial charge in [-0.25, -0.2) is 0 Å². The Morgan fingerprint density at radius 1 is 1.16 bits per heavy atom. The first-order valence-electron chi connectivity index (χ1n) is 5.67. The number of likely N-dealkylation sites (N-methyl/N-ethyl adjacent to an activating group) is 1. The van der Waals surface area contributed by atoms with Crippen LogP contribution in [0.3, 0.4) is 0 Å². The van der Waals surface area contributed by atoms with Gasteiger partial charge < -0.3 is 19.5 Å². The van der Waals surface area contributed by atoms with Gasteiger partial charge in [-0.3, -0.25) is 9.59 Å². The normalized spacial score (nSPS) is 9.63. The van der Waals surface area contributed by atoms with Crippen molar-refractivity contribution in [2.75, 3.05) is 27.9 Å². The van der Waals surface area contributed by atoms with Crippen LogP contribution in [0.5, 0.6) is 11.5 Å². The fourth-order valence-electron chi connectivity index (χ4n) is 1.43. The van der Waals surface area contributed by atoms with Crippen LogP contribution in [0.4, 0.5) is 0 Å². The molecule has 0 saturated heterocycles. The highest BCUT2D eigenvalue weighted by atomic mass is 16.5. The van der Waals surface area contributed by atoms with Crippen LogP contribution in [-0.2, 0) is 20.7 Å². The Kier molecular flexibility index (Phi) is 5.66. The van der Waals surface area contributed by atoms with Crippen molar-refractivity contribution in [3.8, 4) is 11.5 Å². The summed E-state index contributed by atoms with van der Waals surface area (Å²) in [6.45, 7) is -0.275. The number of carbonyl (C=O) groups is 2. The van der Waals surface area contributed by atoms with Crippen molar-refractivity contribution in [3.05, 3.63) is 23.8 Å². The van der Waals surface area contributed by atoms with E-state index in [0.717, 1.165) is 5.56 Å². The Labute approximate surface area is 111 Å². The molecule has 1 aromatic carbocycles. The fraction of sp³-hybridized carbons (Fsp3) is 0.385. The molecule has 0 spiro atoms. The molecule has 1 N–H and O–H groups in total. The van der Waals surface area contributed by atoms with Gasteiger partial charge in [-0.05, 0) is 17.7 Å². The lowest BCUT2D eigenvalue weighted by molar-refractivity contribution is -0.147. The number of carbonyl (C=O) groups excluding carboxylic acids is 2. The summed E-state index contributed by atoms with van der Waals surface area (Å²) in [5, 5.41) is 2.36. The van der Waals surface area contributed by atoms with Crippen molar-refractivity contribution in [2.45, 2.75) is 6.42 Å². The Balaban J connectivity index is 2.61. The van der Waals surface area contributed by atoms with E-state index in [1.165, 1.54) is 21.3 Å². The van der Waals surface area contributed by atoms with Gasteiger partial charge in [0.2, 0.25) is 0 Å². The Morgan fingerprint density at radius 3 is 2.42 bits per heavy atom. The number of hydrogen-bond acceptors (Lipinski definition) is 5. The Morgan fingerprint density at radius 2 is 1.84 bits per heavy atom. The number of methoxy groups -OCH3 is 2. The van der Waals surface area contributed by atoms with Gasteiger partial charge in [0.05, 0.1) is 20.6 Å². The summed E-state index contributed by atoms with van der Waals surface area (Å²) in [6.07, 6.45) is 0.0668. The van der Waals surface area contributed by atoms with E-state index >= 15 is 0 Å². The van der Waals surface area contributed by atoms with Crippen LogP contribution in [0.2, 0.25) is 0 Å². The molecule has 0 atom stereocenters. The van der Waals surface area contributed by atoms with E-state index in [1.54, 1.807) is 18.2 Å². The van der Waals surface area contributed by atoms with Crippen molar-refractivity contribution in [2.24, 2.45) is 0 Å². The molecule has 0 aliphatic rings. The number of amides is 1. The number of benzene rings is 1. The van der Waals surface area contributed by atoms with Gasteiger partial charge in [0.15, 0.2) is 18.1 Å². The highest BCUT2D eigenvalue weighted by Crippen LogP contribution is 2.27. The molecule has 0 aliphatic carbocycles. The summed E-state index contributed by atoms with van der Waals surface area (Å²) in [4.78, 5) is 22.4. The third-order valence-electron chi connectivity index (χ3n) is 2.44. The predicted molar refractivity (Wildman–Crippen MR) is 68.3 cm³/mol. The van der Waals surface area contributed by atoms with Gasteiger partial charge in [0.1, 0.15) is 0 Å². The quantitative estimate of drug-likeness (QED) is 0.761. The summed E-state index contributed by atoms with van der Waals surface area (Å²) < 4.78 is 15.0. The molecule has 6 nitrogen and oxygen atoms in total. The minimum atomic E-state index is -0.476. The SMILES string of the molecule is CNC(=O)COC(=O)Cc1ccc(OC)c(OC)c1. The molecule has 1 rings (SSSR count). The van der Waals surface area contributed by atoms with E-state index in [4.69, 9.17) is 14.2 Å². The molecule has 1 aromatic rings. The zero-order valence-corrected chi connectivity index (χ0v) is 11.2. The third-order valence-corrected chi connectivity index (χ3v) is 2.44. The van der Waals surface area contributed by atoms with E-state index < -0.39 is 5.97 Å². The molecule has 0 bridgehead atoms. The van der Waals surface area contributed by atoms with Crippen LogP contribution in [0.25, 0.3) is 0 Å². The van der Waals surface area contributed by atoms with Crippen LogP contribution in [0.1, 0.15) is 5.56 Å². The maximum atomic E-state index is 11.5. The molecule has 0 unspecified atom stereocenters. The van der Waals surface area contributed by atoms with Crippen molar-refractivity contribution in [1.29, 1.82) is 0 Å². The number of esters is 1. The van der Waals surface area contributed by atoms with E-state index in [0.29, 0.717) is 11.5 Å².